The van der Waals surface area contributed by atoms with Gasteiger partial charge in [-0.25, -0.2) is 4.39 Å². The van der Waals surface area contributed by atoms with E-state index in [0.717, 1.165) is 0 Å². The van der Waals surface area contributed by atoms with Gasteiger partial charge in [-0.05, 0) is 37.6 Å². The summed E-state index contributed by atoms with van der Waals surface area (Å²) in [5.74, 6) is 0.160. The second kappa shape index (κ2) is 7.58. The molecular weight excluding hydrogens is 375 g/mol. The Morgan fingerprint density at radius 3 is 2.83 bits per heavy atom. The SMILES string of the molecule is Cc1oc2ccc(OCc3ccccc3F)cc2c1C(=O)NC1CCN(C)C1=O. The van der Waals surface area contributed by atoms with Gasteiger partial charge < -0.3 is 19.4 Å². The first kappa shape index (κ1) is 19.0. The van der Waals surface area contributed by atoms with Crippen molar-refractivity contribution < 1.29 is 23.1 Å². The topological polar surface area (TPSA) is 71.8 Å². The minimum absolute atomic E-state index is 0.0689. The fraction of sp³-hybridized carbons (Fsp3) is 0.273. The van der Waals surface area contributed by atoms with E-state index in [9.17, 15) is 14.0 Å². The highest BCUT2D eigenvalue weighted by atomic mass is 19.1. The van der Waals surface area contributed by atoms with Crippen molar-refractivity contribution in [3.63, 3.8) is 0 Å². The maximum Gasteiger partial charge on any atom is 0.256 e. The molecule has 2 aromatic carbocycles. The predicted octanol–water partition coefficient (Wildman–Crippen LogP) is 3.42. The van der Waals surface area contributed by atoms with Crippen molar-refractivity contribution in [3.8, 4) is 5.75 Å². The summed E-state index contributed by atoms with van der Waals surface area (Å²) in [4.78, 5) is 26.5. The molecule has 2 heterocycles. The predicted molar refractivity (Wildman–Crippen MR) is 105 cm³/mol. The Morgan fingerprint density at radius 2 is 2.10 bits per heavy atom. The highest BCUT2D eigenvalue weighted by molar-refractivity contribution is 6.08. The summed E-state index contributed by atoms with van der Waals surface area (Å²) in [7, 11) is 1.71. The van der Waals surface area contributed by atoms with Gasteiger partial charge in [-0.15, -0.1) is 0 Å². The normalized spacial score (nSPS) is 16.4. The van der Waals surface area contributed by atoms with E-state index in [0.29, 0.717) is 46.6 Å². The van der Waals surface area contributed by atoms with Gasteiger partial charge in [0, 0.05) is 24.5 Å². The van der Waals surface area contributed by atoms with Crippen LogP contribution in [-0.2, 0) is 11.4 Å². The van der Waals surface area contributed by atoms with Crippen LogP contribution in [0.25, 0.3) is 11.0 Å². The Kier molecular flexibility index (Phi) is 4.96. The molecule has 1 atom stereocenters. The van der Waals surface area contributed by atoms with E-state index in [1.54, 1.807) is 55.3 Å². The first-order valence-corrected chi connectivity index (χ1v) is 9.39. The number of carbonyl (C=O) groups is 2. The monoisotopic (exact) mass is 396 g/mol. The van der Waals surface area contributed by atoms with Crippen LogP contribution >= 0.6 is 0 Å². The zero-order chi connectivity index (χ0) is 20.5. The molecule has 6 nitrogen and oxygen atoms in total. The van der Waals surface area contributed by atoms with E-state index in [1.165, 1.54) is 6.07 Å². The number of nitrogens with zero attached hydrogens (tertiary/aromatic N) is 1. The number of carbonyl (C=O) groups excluding carboxylic acids is 2. The van der Waals surface area contributed by atoms with E-state index in [1.807, 2.05) is 0 Å². The number of likely N-dealkylation sites (N-methyl/N-ethyl adjacent to an activating group) is 1. The first-order chi connectivity index (χ1) is 13.9. The maximum absolute atomic E-state index is 13.8. The lowest BCUT2D eigenvalue weighted by Gasteiger charge is -2.12. The molecule has 0 saturated carbocycles. The van der Waals surface area contributed by atoms with E-state index in [-0.39, 0.29) is 24.2 Å². The molecule has 7 heteroatoms. The molecule has 1 aromatic heterocycles. The van der Waals surface area contributed by atoms with Crippen LogP contribution in [0.3, 0.4) is 0 Å². The summed E-state index contributed by atoms with van der Waals surface area (Å²) in [6.07, 6.45) is 0.576. The number of rotatable bonds is 5. The number of fused-ring (bicyclic) bond motifs is 1. The van der Waals surface area contributed by atoms with Gasteiger partial charge in [0.25, 0.3) is 5.91 Å². The largest absolute Gasteiger partial charge is 0.489 e. The smallest absolute Gasteiger partial charge is 0.256 e. The molecule has 0 bridgehead atoms. The van der Waals surface area contributed by atoms with Crippen LogP contribution < -0.4 is 10.1 Å². The molecule has 0 aliphatic carbocycles. The lowest BCUT2D eigenvalue weighted by Crippen LogP contribution is -2.40. The molecule has 2 amide bonds. The third-order valence-electron chi connectivity index (χ3n) is 5.15. The Morgan fingerprint density at radius 1 is 1.31 bits per heavy atom. The summed E-state index contributed by atoms with van der Waals surface area (Å²) in [5, 5.41) is 3.39. The molecule has 29 heavy (non-hydrogen) atoms. The lowest BCUT2D eigenvalue weighted by molar-refractivity contribution is -0.128. The Bertz CT molecular complexity index is 1090. The standard InChI is InChI=1S/C22H21FN2O4/c1-13-20(21(26)24-18-9-10-25(2)22(18)27)16-11-15(7-8-19(16)29-13)28-12-14-5-3-4-6-17(14)23/h3-8,11,18H,9-10,12H2,1-2H3,(H,24,26). The Hall–Kier alpha value is -3.35. The zero-order valence-corrected chi connectivity index (χ0v) is 16.2. The second-order valence-corrected chi connectivity index (χ2v) is 7.15. The van der Waals surface area contributed by atoms with E-state index < -0.39 is 6.04 Å². The number of halogens is 1. The van der Waals surface area contributed by atoms with Gasteiger partial charge in [-0.2, -0.15) is 0 Å². The van der Waals surface area contributed by atoms with E-state index >= 15 is 0 Å². The van der Waals surface area contributed by atoms with Crippen LogP contribution in [0.2, 0.25) is 0 Å². The molecule has 1 unspecified atom stereocenters. The number of likely N-dealkylation sites (tertiary alicyclic amines) is 1. The molecule has 0 radical (unpaired) electrons. The summed E-state index contributed by atoms with van der Waals surface area (Å²) in [6.45, 7) is 2.39. The molecule has 3 aromatic rings. The van der Waals surface area contributed by atoms with Crippen LogP contribution in [0.1, 0.15) is 28.1 Å². The second-order valence-electron chi connectivity index (χ2n) is 7.15. The third kappa shape index (κ3) is 3.68. The van der Waals surface area contributed by atoms with Crippen molar-refractivity contribution in [2.75, 3.05) is 13.6 Å². The van der Waals surface area contributed by atoms with E-state index in [2.05, 4.69) is 5.32 Å². The number of aryl methyl sites for hydroxylation is 1. The number of hydrogen-bond donors (Lipinski definition) is 1. The Labute approximate surface area is 167 Å². The number of ether oxygens (including phenoxy) is 1. The van der Waals surface area contributed by atoms with Gasteiger partial charge >= 0.3 is 0 Å². The van der Waals surface area contributed by atoms with Crippen LogP contribution in [-0.4, -0.2) is 36.3 Å². The number of furan rings is 1. The summed E-state index contributed by atoms with van der Waals surface area (Å²) < 4.78 is 25.2. The van der Waals surface area contributed by atoms with Crippen molar-refractivity contribution in [2.24, 2.45) is 0 Å². The quantitative estimate of drug-likeness (QED) is 0.717. The molecule has 1 fully saturated rings. The minimum Gasteiger partial charge on any atom is -0.489 e. The molecular formula is C22H21FN2O4. The van der Waals surface area contributed by atoms with Gasteiger partial charge in [0.05, 0.1) is 5.56 Å². The molecule has 150 valence electrons. The molecule has 1 aliphatic rings. The fourth-order valence-electron chi connectivity index (χ4n) is 3.53. The number of nitrogens with one attached hydrogen (secondary N) is 1. The summed E-state index contributed by atoms with van der Waals surface area (Å²) in [5.41, 5.74) is 1.36. The average molecular weight is 396 g/mol. The van der Waals surface area contributed by atoms with Gasteiger partial charge in [-0.1, -0.05) is 18.2 Å². The Balaban J connectivity index is 1.57. The average Bonchev–Trinajstić information content (AvgIpc) is 3.20. The van der Waals surface area contributed by atoms with Crippen LogP contribution in [0.15, 0.2) is 46.9 Å². The first-order valence-electron chi connectivity index (χ1n) is 9.39. The molecule has 1 aliphatic heterocycles. The van der Waals surface area contributed by atoms with Crippen molar-refractivity contribution in [1.29, 1.82) is 0 Å². The molecule has 1 N–H and O–H groups in total. The molecule has 1 saturated heterocycles. The van der Waals surface area contributed by atoms with Crippen molar-refractivity contribution >= 4 is 22.8 Å². The van der Waals surface area contributed by atoms with Crippen molar-refractivity contribution in [2.45, 2.75) is 26.0 Å². The minimum atomic E-state index is -0.530. The van der Waals surface area contributed by atoms with E-state index in [4.69, 9.17) is 9.15 Å². The van der Waals surface area contributed by atoms with Crippen LogP contribution in [0.4, 0.5) is 4.39 Å². The zero-order valence-electron chi connectivity index (χ0n) is 16.2. The van der Waals surface area contributed by atoms with Gasteiger partial charge in [0.1, 0.15) is 35.6 Å². The van der Waals surface area contributed by atoms with Gasteiger partial charge in [0.15, 0.2) is 0 Å². The van der Waals surface area contributed by atoms with Gasteiger partial charge in [0.2, 0.25) is 5.91 Å². The number of amides is 2. The highest BCUT2D eigenvalue weighted by Crippen LogP contribution is 2.30. The summed E-state index contributed by atoms with van der Waals surface area (Å²) in [6, 6.07) is 11.0. The van der Waals surface area contributed by atoms with Crippen molar-refractivity contribution in [3.05, 3.63) is 65.2 Å². The number of benzene rings is 2. The lowest BCUT2D eigenvalue weighted by atomic mass is 10.1. The van der Waals surface area contributed by atoms with Gasteiger partial charge in [-0.3, -0.25) is 9.59 Å². The molecule has 0 spiro atoms. The fourth-order valence-corrected chi connectivity index (χ4v) is 3.53. The number of hydrogen-bond acceptors (Lipinski definition) is 4. The van der Waals surface area contributed by atoms with Crippen molar-refractivity contribution in [1.82, 2.24) is 10.2 Å². The third-order valence-corrected chi connectivity index (χ3v) is 5.15. The van der Waals surface area contributed by atoms with Crippen LogP contribution in [0.5, 0.6) is 5.75 Å². The maximum atomic E-state index is 13.8. The summed E-state index contributed by atoms with van der Waals surface area (Å²) >= 11 is 0. The van der Waals surface area contributed by atoms with Crippen LogP contribution in [0, 0.1) is 12.7 Å². The highest BCUT2D eigenvalue weighted by Gasteiger charge is 2.31. The molecule has 4 rings (SSSR count).